The Labute approximate surface area is 201 Å². The predicted octanol–water partition coefficient (Wildman–Crippen LogP) is 4.91. The van der Waals surface area contributed by atoms with E-state index < -0.39 is 23.5 Å². The first-order valence-electron chi connectivity index (χ1n) is 11.9. The maximum absolute atomic E-state index is 12.9. The van der Waals surface area contributed by atoms with Gasteiger partial charge in [-0.1, -0.05) is 30.3 Å². The number of carboxylic acid groups (broad SMARTS) is 1. The van der Waals surface area contributed by atoms with E-state index in [0.29, 0.717) is 16.7 Å². The second kappa shape index (κ2) is 9.06. The molecule has 7 heteroatoms. The fourth-order valence-electron chi connectivity index (χ4n) is 5.11. The van der Waals surface area contributed by atoms with E-state index in [1.54, 1.807) is 30.3 Å². The van der Waals surface area contributed by atoms with Crippen LogP contribution in [0.4, 0.5) is 0 Å². The van der Waals surface area contributed by atoms with Gasteiger partial charge in [0.05, 0.1) is 0 Å². The van der Waals surface area contributed by atoms with Crippen molar-refractivity contribution in [1.82, 2.24) is 5.32 Å². The van der Waals surface area contributed by atoms with E-state index in [9.17, 15) is 19.5 Å². The molecule has 0 saturated heterocycles. The Bertz CT molecular complexity index is 1510. The molecular formula is C28H27NO6. The summed E-state index contributed by atoms with van der Waals surface area (Å²) in [6.07, 6.45) is 4.25. The zero-order valence-electron chi connectivity index (χ0n) is 19.8. The average Bonchev–Trinajstić information content (AvgIpc) is 3.23. The molecule has 2 heterocycles. The number of benzene rings is 2. The van der Waals surface area contributed by atoms with Crippen molar-refractivity contribution in [1.29, 1.82) is 0 Å². The van der Waals surface area contributed by atoms with Crippen molar-refractivity contribution < 1.29 is 23.5 Å². The molecular weight excluding hydrogens is 446 g/mol. The first-order chi connectivity index (χ1) is 16.8. The van der Waals surface area contributed by atoms with E-state index in [2.05, 4.69) is 5.32 Å². The van der Waals surface area contributed by atoms with Crippen LogP contribution in [0.3, 0.4) is 0 Å². The lowest BCUT2D eigenvalue weighted by atomic mass is 9.93. The van der Waals surface area contributed by atoms with Crippen LogP contribution in [0.5, 0.6) is 0 Å². The number of carboxylic acids is 1. The third-order valence-electron chi connectivity index (χ3n) is 7.01. The number of aryl methyl sites for hydroxylation is 4. The normalized spacial score (nSPS) is 14.1. The summed E-state index contributed by atoms with van der Waals surface area (Å²) in [7, 11) is 0. The van der Waals surface area contributed by atoms with Crippen LogP contribution in [0.2, 0.25) is 0 Å². The van der Waals surface area contributed by atoms with Gasteiger partial charge in [0, 0.05) is 40.3 Å². The first kappa shape index (κ1) is 22.9. The molecule has 1 unspecified atom stereocenters. The van der Waals surface area contributed by atoms with Gasteiger partial charge in [0.15, 0.2) is 6.04 Å². The van der Waals surface area contributed by atoms with Gasteiger partial charge in [-0.05, 0) is 56.7 Å². The molecule has 0 aliphatic heterocycles. The molecule has 0 bridgehead atoms. The molecule has 1 aliphatic carbocycles. The van der Waals surface area contributed by atoms with Gasteiger partial charge in [-0.25, -0.2) is 9.59 Å². The Morgan fingerprint density at radius 2 is 1.71 bits per heavy atom. The Morgan fingerprint density at radius 1 is 1.00 bits per heavy atom. The number of furan rings is 1. The highest BCUT2D eigenvalue weighted by Crippen LogP contribution is 2.38. The standard InChI is InChI=1S/C28H27NO6/c1-15-18(12-13-23(30)29-24(27(31)32)17-8-4-3-5-9-17)28(33)35-25-16(2)26-21(14-20(15)25)19-10-6-7-11-22(19)34-26/h3-5,8-9,14,24H,6-7,10-13H2,1-2H3,(H,29,30)(H,31,32). The summed E-state index contributed by atoms with van der Waals surface area (Å²) in [5.74, 6) is -0.572. The number of rotatable bonds is 6. The lowest BCUT2D eigenvalue weighted by Gasteiger charge is -2.15. The third-order valence-corrected chi connectivity index (χ3v) is 7.01. The van der Waals surface area contributed by atoms with E-state index >= 15 is 0 Å². The molecule has 2 aromatic heterocycles. The maximum Gasteiger partial charge on any atom is 0.339 e. The van der Waals surface area contributed by atoms with E-state index in [4.69, 9.17) is 8.83 Å². The summed E-state index contributed by atoms with van der Waals surface area (Å²) in [6.45, 7) is 3.78. The molecule has 5 rings (SSSR count). The zero-order valence-corrected chi connectivity index (χ0v) is 19.8. The van der Waals surface area contributed by atoms with Crippen LogP contribution in [-0.2, 0) is 28.9 Å². The first-order valence-corrected chi connectivity index (χ1v) is 11.9. The molecule has 0 spiro atoms. The zero-order chi connectivity index (χ0) is 24.7. The SMILES string of the molecule is Cc1c(CCC(=O)NC(C(=O)O)c2ccccc2)c(=O)oc2c(C)c3oc4c(c3cc12)CCCC4. The van der Waals surface area contributed by atoms with Crippen molar-refractivity contribution >= 4 is 33.8 Å². The number of carbonyl (C=O) groups excluding carboxylic acids is 1. The second-order valence-electron chi connectivity index (χ2n) is 9.21. The van der Waals surface area contributed by atoms with Crippen LogP contribution in [0.25, 0.3) is 21.9 Å². The lowest BCUT2D eigenvalue weighted by Crippen LogP contribution is -2.34. The predicted molar refractivity (Wildman–Crippen MR) is 132 cm³/mol. The largest absolute Gasteiger partial charge is 0.479 e. The van der Waals surface area contributed by atoms with Crippen LogP contribution >= 0.6 is 0 Å². The molecule has 0 fully saturated rings. The van der Waals surface area contributed by atoms with Gasteiger partial charge in [0.1, 0.15) is 16.9 Å². The minimum absolute atomic E-state index is 0.0317. The van der Waals surface area contributed by atoms with Gasteiger partial charge < -0.3 is 19.3 Å². The molecule has 35 heavy (non-hydrogen) atoms. The second-order valence-corrected chi connectivity index (χ2v) is 9.21. The van der Waals surface area contributed by atoms with Crippen molar-refractivity contribution in [3.05, 3.63) is 80.4 Å². The summed E-state index contributed by atoms with van der Waals surface area (Å²) in [5, 5.41) is 14.0. The molecule has 2 aromatic carbocycles. The molecule has 7 nitrogen and oxygen atoms in total. The highest BCUT2D eigenvalue weighted by Gasteiger charge is 2.24. The number of aliphatic carboxylic acids is 1. The van der Waals surface area contributed by atoms with Gasteiger partial charge in [-0.15, -0.1) is 0 Å². The van der Waals surface area contributed by atoms with Crippen molar-refractivity contribution in [2.75, 3.05) is 0 Å². The molecule has 0 radical (unpaired) electrons. The number of carbonyl (C=O) groups is 2. The fraction of sp³-hybridized carbons (Fsp3) is 0.321. The highest BCUT2D eigenvalue weighted by molar-refractivity contribution is 6.00. The minimum Gasteiger partial charge on any atom is -0.479 e. The lowest BCUT2D eigenvalue weighted by molar-refractivity contribution is -0.142. The van der Waals surface area contributed by atoms with Gasteiger partial charge in [-0.2, -0.15) is 0 Å². The Kier molecular flexibility index (Phi) is 5.93. The van der Waals surface area contributed by atoms with Crippen LogP contribution in [0.1, 0.15) is 58.9 Å². The van der Waals surface area contributed by atoms with Gasteiger partial charge >= 0.3 is 11.6 Å². The third kappa shape index (κ3) is 4.11. The molecule has 4 aromatic rings. The van der Waals surface area contributed by atoms with Gasteiger partial charge in [0.25, 0.3) is 0 Å². The molecule has 180 valence electrons. The highest BCUT2D eigenvalue weighted by atomic mass is 16.4. The number of fused-ring (bicyclic) bond motifs is 4. The molecule has 1 amide bonds. The molecule has 0 saturated carbocycles. The summed E-state index contributed by atoms with van der Waals surface area (Å²) < 4.78 is 11.9. The summed E-state index contributed by atoms with van der Waals surface area (Å²) in [6, 6.07) is 9.41. The van der Waals surface area contributed by atoms with E-state index in [1.807, 2.05) is 19.9 Å². The minimum atomic E-state index is -1.15. The van der Waals surface area contributed by atoms with Crippen molar-refractivity contribution in [3.63, 3.8) is 0 Å². The smallest absolute Gasteiger partial charge is 0.339 e. The molecule has 2 N–H and O–H groups in total. The number of hydrogen-bond acceptors (Lipinski definition) is 5. The Morgan fingerprint density at radius 3 is 2.46 bits per heavy atom. The van der Waals surface area contributed by atoms with Crippen LogP contribution in [0.15, 0.2) is 50.0 Å². The maximum atomic E-state index is 12.9. The summed E-state index contributed by atoms with van der Waals surface area (Å²) in [5.41, 5.74) is 4.53. The number of nitrogens with one attached hydrogen (secondary N) is 1. The topological polar surface area (TPSA) is 110 Å². The van der Waals surface area contributed by atoms with Crippen molar-refractivity contribution in [2.45, 2.75) is 58.4 Å². The van der Waals surface area contributed by atoms with Crippen LogP contribution < -0.4 is 10.9 Å². The summed E-state index contributed by atoms with van der Waals surface area (Å²) in [4.78, 5) is 37.2. The van der Waals surface area contributed by atoms with E-state index in [-0.39, 0.29) is 12.8 Å². The average molecular weight is 474 g/mol. The summed E-state index contributed by atoms with van der Waals surface area (Å²) >= 11 is 0. The van der Waals surface area contributed by atoms with E-state index in [0.717, 1.165) is 58.9 Å². The fourth-order valence-corrected chi connectivity index (χ4v) is 5.11. The monoisotopic (exact) mass is 473 g/mol. The quantitative estimate of drug-likeness (QED) is 0.385. The van der Waals surface area contributed by atoms with Crippen molar-refractivity contribution in [3.8, 4) is 0 Å². The number of hydrogen-bond donors (Lipinski definition) is 2. The number of amides is 1. The van der Waals surface area contributed by atoms with Crippen LogP contribution in [-0.4, -0.2) is 17.0 Å². The Balaban J connectivity index is 1.44. The Hall–Kier alpha value is -3.87. The van der Waals surface area contributed by atoms with Gasteiger partial charge in [-0.3, -0.25) is 4.79 Å². The van der Waals surface area contributed by atoms with Crippen LogP contribution in [0, 0.1) is 13.8 Å². The van der Waals surface area contributed by atoms with Gasteiger partial charge in [0.2, 0.25) is 5.91 Å². The van der Waals surface area contributed by atoms with Crippen molar-refractivity contribution in [2.24, 2.45) is 0 Å². The van der Waals surface area contributed by atoms with E-state index in [1.165, 1.54) is 5.56 Å². The molecule has 1 atom stereocenters. The molecule has 1 aliphatic rings.